The summed E-state index contributed by atoms with van der Waals surface area (Å²) in [6.07, 6.45) is 0.537. The number of methoxy groups -OCH3 is 1. The molecule has 5 nitrogen and oxygen atoms in total. The molecule has 0 saturated carbocycles. The predicted octanol–water partition coefficient (Wildman–Crippen LogP) is 4.29. The number of hydrogen-bond donors (Lipinski definition) is 1. The first-order valence-electron chi connectivity index (χ1n) is 8.74. The SMILES string of the molecule is COc1ccc(CCC(=O)O)cc1OCCOc1ccc(C(C)C)cc1. The highest BCUT2D eigenvalue weighted by atomic mass is 16.5. The molecule has 0 aromatic heterocycles. The molecule has 0 radical (unpaired) electrons. The highest BCUT2D eigenvalue weighted by molar-refractivity contribution is 5.67. The Labute approximate surface area is 154 Å². The number of carboxylic acid groups (broad SMARTS) is 1. The number of carbonyl (C=O) groups is 1. The molecule has 1 N–H and O–H groups in total. The van der Waals surface area contributed by atoms with Crippen LogP contribution in [-0.4, -0.2) is 31.4 Å². The maximum absolute atomic E-state index is 10.7. The molecule has 2 aromatic rings. The van der Waals surface area contributed by atoms with Gasteiger partial charge >= 0.3 is 5.97 Å². The van der Waals surface area contributed by atoms with Gasteiger partial charge in [-0.15, -0.1) is 0 Å². The molecule has 0 atom stereocenters. The molecule has 0 heterocycles. The molecular formula is C21H26O5. The average Bonchev–Trinajstić information content (AvgIpc) is 2.64. The minimum atomic E-state index is -0.819. The number of carboxylic acids is 1. The van der Waals surface area contributed by atoms with Gasteiger partial charge in [-0.05, 0) is 47.7 Å². The second kappa shape index (κ2) is 9.70. The smallest absolute Gasteiger partial charge is 0.303 e. The zero-order chi connectivity index (χ0) is 18.9. The maximum Gasteiger partial charge on any atom is 0.303 e. The van der Waals surface area contributed by atoms with Crippen LogP contribution in [0, 0.1) is 0 Å². The van der Waals surface area contributed by atoms with E-state index in [1.54, 1.807) is 13.2 Å². The van der Waals surface area contributed by atoms with E-state index in [4.69, 9.17) is 19.3 Å². The van der Waals surface area contributed by atoms with Crippen molar-refractivity contribution < 1.29 is 24.1 Å². The molecule has 0 unspecified atom stereocenters. The number of rotatable bonds is 10. The second-order valence-electron chi connectivity index (χ2n) is 6.30. The quantitative estimate of drug-likeness (QED) is 0.642. The minimum absolute atomic E-state index is 0.0846. The standard InChI is InChI=1S/C21H26O5/c1-15(2)17-6-8-18(9-7-17)25-12-13-26-20-14-16(5-11-21(22)23)4-10-19(20)24-3/h4,6-10,14-15H,5,11-13H2,1-3H3,(H,22,23). The van der Waals surface area contributed by atoms with Crippen molar-refractivity contribution in [2.45, 2.75) is 32.6 Å². The van der Waals surface area contributed by atoms with Crippen molar-refractivity contribution in [1.29, 1.82) is 0 Å². The summed E-state index contributed by atoms with van der Waals surface area (Å²) in [7, 11) is 1.58. The summed E-state index contributed by atoms with van der Waals surface area (Å²) >= 11 is 0. The first-order valence-corrected chi connectivity index (χ1v) is 8.74. The van der Waals surface area contributed by atoms with Gasteiger partial charge in [0.05, 0.1) is 7.11 Å². The number of aliphatic carboxylic acids is 1. The van der Waals surface area contributed by atoms with Gasteiger partial charge in [-0.2, -0.15) is 0 Å². The predicted molar refractivity (Wildman–Crippen MR) is 100 cm³/mol. The van der Waals surface area contributed by atoms with Crippen LogP contribution < -0.4 is 14.2 Å². The van der Waals surface area contributed by atoms with Crippen LogP contribution in [0.25, 0.3) is 0 Å². The molecule has 0 aliphatic rings. The van der Waals surface area contributed by atoms with Crippen LogP contribution in [0.2, 0.25) is 0 Å². The van der Waals surface area contributed by atoms with Crippen molar-refractivity contribution in [2.75, 3.05) is 20.3 Å². The van der Waals surface area contributed by atoms with E-state index in [0.717, 1.165) is 11.3 Å². The van der Waals surface area contributed by atoms with Crippen molar-refractivity contribution in [3.05, 3.63) is 53.6 Å². The van der Waals surface area contributed by atoms with Crippen LogP contribution in [0.3, 0.4) is 0 Å². The molecule has 0 aliphatic heterocycles. The number of hydrogen-bond acceptors (Lipinski definition) is 4. The lowest BCUT2D eigenvalue weighted by Crippen LogP contribution is -2.10. The molecule has 0 amide bonds. The fraction of sp³-hybridized carbons (Fsp3) is 0.381. The Morgan fingerprint density at radius 2 is 1.69 bits per heavy atom. The molecule has 0 saturated heterocycles. The van der Waals surface area contributed by atoms with Gasteiger partial charge in [-0.3, -0.25) is 4.79 Å². The van der Waals surface area contributed by atoms with Crippen molar-refractivity contribution in [2.24, 2.45) is 0 Å². The fourth-order valence-electron chi connectivity index (χ4n) is 2.50. The van der Waals surface area contributed by atoms with Gasteiger partial charge in [0.15, 0.2) is 11.5 Å². The van der Waals surface area contributed by atoms with Crippen molar-refractivity contribution in [1.82, 2.24) is 0 Å². The third-order valence-corrected chi connectivity index (χ3v) is 4.01. The lowest BCUT2D eigenvalue weighted by atomic mass is 10.0. The van der Waals surface area contributed by atoms with Crippen LogP contribution in [0.4, 0.5) is 0 Å². The van der Waals surface area contributed by atoms with E-state index in [-0.39, 0.29) is 6.42 Å². The number of aryl methyl sites for hydroxylation is 1. The molecule has 0 aliphatic carbocycles. The molecule has 140 valence electrons. The van der Waals surface area contributed by atoms with Crippen LogP contribution in [-0.2, 0) is 11.2 Å². The van der Waals surface area contributed by atoms with Gasteiger partial charge < -0.3 is 19.3 Å². The summed E-state index contributed by atoms with van der Waals surface area (Å²) in [4.78, 5) is 10.7. The lowest BCUT2D eigenvalue weighted by molar-refractivity contribution is -0.136. The van der Waals surface area contributed by atoms with Gasteiger partial charge in [0.1, 0.15) is 19.0 Å². The van der Waals surface area contributed by atoms with E-state index in [1.807, 2.05) is 24.3 Å². The third kappa shape index (κ3) is 5.99. The summed E-state index contributed by atoms with van der Waals surface area (Å²) in [5, 5.41) is 8.80. The molecule has 0 spiro atoms. The molecule has 2 aromatic carbocycles. The highest BCUT2D eigenvalue weighted by Gasteiger charge is 2.08. The normalized spacial score (nSPS) is 10.6. The fourth-order valence-corrected chi connectivity index (χ4v) is 2.50. The largest absolute Gasteiger partial charge is 0.493 e. The molecule has 0 fully saturated rings. The van der Waals surface area contributed by atoms with E-state index in [9.17, 15) is 4.79 Å². The Morgan fingerprint density at radius 1 is 1.00 bits per heavy atom. The van der Waals surface area contributed by atoms with Gasteiger partial charge in [0.2, 0.25) is 0 Å². The summed E-state index contributed by atoms with van der Waals surface area (Å²) in [6.45, 7) is 5.08. The van der Waals surface area contributed by atoms with Gasteiger partial charge in [-0.25, -0.2) is 0 Å². The van der Waals surface area contributed by atoms with Gasteiger partial charge in [0, 0.05) is 6.42 Å². The van der Waals surface area contributed by atoms with E-state index < -0.39 is 5.97 Å². The summed E-state index contributed by atoms with van der Waals surface area (Å²) < 4.78 is 16.8. The highest BCUT2D eigenvalue weighted by Crippen LogP contribution is 2.28. The van der Waals surface area contributed by atoms with E-state index in [1.165, 1.54) is 5.56 Å². The summed E-state index contributed by atoms with van der Waals surface area (Å²) in [5.74, 6) is 1.69. The van der Waals surface area contributed by atoms with Crippen molar-refractivity contribution in [3.8, 4) is 17.2 Å². The zero-order valence-electron chi connectivity index (χ0n) is 15.5. The second-order valence-corrected chi connectivity index (χ2v) is 6.30. The monoisotopic (exact) mass is 358 g/mol. The summed E-state index contributed by atoms with van der Waals surface area (Å²) in [5.41, 5.74) is 2.17. The van der Waals surface area contributed by atoms with Gasteiger partial charge in [0.25, 0.3) is 0 Å². The average molecular weight is 358 g/mol. The lowest BCUT2D eigenvalue weighted by Gasteiger charge is -2.13. The van der Waals surface area contributed by atoms with Crippen molar-refractivity contribution >= 4 is 5.97 Å². The number of ether oxygens (including phenoxy) is 3. The Balaban J connectivity index is 1.87. The molecule has 26 heavy (non-hydrogen) atoms. The first kappa shape index (κ1) is 19.6. The van der Waals surface area contributed by atoms with E-state index in [0.29, 0.717) is 37.1 Å². The number of benzene rings is 2. The topological polar surface area (TPSA) is 65.0 Å². The third-order valence-electron chi connectivity index (χ3n) is 4.01. The Kier molecular flexibility index (Phi) is 7.33. The Hall–Kier alpha value is -2.69. The molecule has 5 heteroatoms. The minimum Gasteiger partial charge on any atom is -0.493 e. The zero-order valence-corrected chi connectivity index (χ0v) is 15.5. The van der Waals surface area contributed by atoms with Crippen LogP contribution >= 0.6 is 0 Å². The molecule has 2 rings (SSSR count). The first-order chi connectivity index (χ1) is 12.5. The summed E-state index contributed by atoms with van der Waals surface area (Å²) in [6, 6.07) is 13.5. The van der Waals surface area contributed by atoms with Crippen molar-refractivity contribution in [3.63, 3.8) is 0 Å². The maximum atomic E-state index is 10.7. The van der Waals surface area contributed by atoms with Crippen LogP contribution in [0.15, 0.2) is 42.5 Å². The van der Waals surface area contributed by atoms with E-state index >= 15 is 0 Å². The Bertz CT molecular complexity index is 707. The van der Waals surface area contributed by atoms with Crippen LogP contribution in [0.1, 0.15) is 37.3 Å². The molecular weight excluding hydrogens is 332 g/mol. The van der Waals surface area contributed by atoms with E-state index in [2.05, 4.69) is 26.0 Å². The Morgan fingerprint density at radius 3 is 2.31 bits per heavy atom. The van der Waals surface area contributed by atoms with Gasteiger partial charge in [-0.1, -0.05) is 32.0 Å². The van der Waals surface area contributed by atoms with Crippen LogP contribution in [0.5, 0.6) is 17.2 Å². The molecule has 0 bridgehead atoms.